The van der Waals surface area contributed by atoms with Crippen molar-refractivity contribution in [2.24, 2.45) is 5.92 Å². The fourth-order valence-electron chi connectivity index (χ4n) is 1.70. The summed E-state index contributed by atoms with van der Waals surface area (Å²) in [6.45, 7) is 6.90. The van der Waals surface area contributed by atoms with Crippen molar-refractivity contribution in [2.75, 3.05) is 33.7 Å². The van der Waals surface area contributed by atoms with Crippen LogP contribution in [0.25, 0.3) is 0 Å². The van der Waals surface area contributed by atoms with Gasteiger partial charge in [0.05, 0.1) is 6.04 Å². The average molecular weight is 184 g/mol. The van der Waals surface area contributed by atoms with Crippen molar-refractivity contribution >= 4 is 5.78 Å². The first-order valence-corrected chi connectivity index (χ1v) is 4.95. The molecular formula is C10H20N2O. The van der Waals surface area contributed by atoms with Crippen molar-refractivity contribution in [3.8, 4) is 0 Å². The minimum atomic E-state index is 0.110. The van der Waals surface area contributed by atoms with E-state index in [0.717, 1.165) is 19.6 Å². The van der Waals surface area contributed by atoms with E-state index in [4.69, 9.17) is 0 Å². The van der Waals surface area contributed by atoms with E-state index in [2.05, 4.69) is 16.8 Å². The number of nitrogens with zero attached hydrogens (tertiary/aromatic N) is 2. The van der Waals surface area contributed by atoms with E-state index in [0.29, 0.717) is 5.78 Å². The van der Waals surface area contributed by atoms with Crippen molar-refractivity contribution in [2.45, 2.75) is 19.9 Å². The molecule has 1 atom stereocenters. The lowest BCUT2D eigenvalue weighted by Crippen LogP contribution is -2.54. The summed E-state index contributed by atoms with van der Waals surface area (Å²) in [6, 6.07) is 0.110. The van der Waals surface area contributed by atoms with Gasteiger partial charge in [-0.2, -0.15) is 0 Å². The molecule has 0 aliphatic carbocycles. The number of Topliss-reactive ketones (excluding diaryl/α,β-unsaturated/α-hetero) is 1. The Kier molecular flexibility index (Phi) is 3.45. The van der Waals surface area contributed by atoms with Crippen LogP contribution in [0.15, 0.2) is 0 Å². The predicted octanol–water partition coefficient (Wildman–Crippen LogP) is 0.457. The van der Waals surface area contributed by atoms with Crippen molar-refractivity contribution in [1.82, 2.24) is 9.80 Å². The van der Waals surface area contributed by atoms with Crippen LogP contribution < -0.4 is 0 Å². The molecule has 0 aromatic heterocycles. The monoisotopic (exact) mass is 184 g/mol. The van der Waals surface area contributed by atoms with E-state index in [1.807, 2.05) is 20.9 Å². The molecule has 1 unspecified atom stereocenters. The van der Waals surface area contributed by atoms with Gasteiger partial charge in [-0.15, -0.1) is 0 Å². The van der Waals surface area contributed by atoms with E-state index < -0.39 is 0 Å². The summed E-state index contributed by atoms with van der Waals surface area (Å²) in [7, 11) is 4.12. The highest BCUT2D eigenvalue weighted by Crippen LogP contribution is 2.11. The Balaban J connectivity index is 2.60. The third kappa shape index (κ3) is 2.51. The third-order valence-corrected chi connectivity index (χ3v) is 2.75. The smallest absolute Gasteiger partial charge is 0.153 e. The second-order valence-corrected chi connectivity index (χ2v) is 4.32. The molecule has 0 aromatic carbocycles. The Morgan fingerprint density at radius 2 is 1.92 bits per heavy atom. The molecule has 1 aliphatic heterocycles. The maximum absolute atomic E-state index is 11.8. The molecule has 1 aliphatic rings. The summed E-state index contributed by atoms with van der Waals surface area (Å²) >= 11 is 0. The van der Waals surface area contributed by atoms with Crippen LogP contribution in [0, 0.1) is 5.92 Å². The number of hydrogen-bond donors (Lipinski definition) is 0. The minimum absolute atomic E-state index is 0.110. The van der Waals surface area contributed by atoms with E-state index in [1.54, 1.807) is 0 Å². The standard InChI is InChI=1S/C10H20N2O/c1-8(2)10(13)9-7-11(3)5-6-12(9)4/h8-9H,5-7H2,1-4H3. The molecule has 0 radical (unpaired) electrons. The molecule has 0 N–H and O–H groups in total. The molecule has 76 valence electrons. The number of rotatable bonds is 2. The fraction of sp³-hybridized carbons (Fsp3) is 0.900. The van der Waals surface area contributed by atoms with Crippen LogP contribution in [-0.4, -0.2) is 55.4 Å². The van der Waals surface area contributed by atoms with Gasteiger partial charge in [-0.25, -0.2) is 0 Å². The minimum Gasteiger partial charge on any atom is -0.303 e. The molecule has 1 heterocycles. The zero-order valence-corrected chi connectivity index (χ0v) is 9.08. The summed E-state index contributed by atoms with van der Waals surface area (Å²) in [6.07, 6.45) is 0. The van der Waals surface area contributed by atoms with Gasteiger partial charge in [0.25, 0.3) is 0 Å². The summed E-state index contributed by atoms with van der Waals surface area (Å²) in [5, 5.41) is 0. The predicted molar refractivity (Wildman–Crippen MR) is 53.8 cm³/mol. The van der Waals surface area contributed by atoms with Crippen LogP contribution in [-0.2, 0) is 4.79 Å². The van der Waals surface area contributed by atoms with E-state index >= 15 is 0 Å². The maximum Gasteiger partial charge on any atom is 0.153 e. The molecule has 0 amide bonds. The molecule has 1 saturated heterocycles. The van der Waals surface area contributed by atoms with Crippen LogP contribution in [0.5, 0.6) is 0 Å². The first-order valence-electron chi connectivity index (χ1n) is 4.95. The second-order valence-electron chi connectivity index (χ2n) is 4.32. The van der Waals surface area contributed by atoms with E-state index in [1.165, 1.54) is 0 Å². The number of piperazine rings is 1. The molecule has 0 aromatic rings. The van der Waals surface area contributed by atoms with Crippen molar-refractivity contribution in [1.29, 1.82) is 0 Å². The van der Waals surface area contributed by atoms with Gasteiger partial charge in [0, 0.05) is 25.6 Å². The van der Waals surface area contributed by atoms with Gasteiger partial charge in [-0.3, -0.25) is 9.69 Å². The van der Waals surface area contributed by atoms with Crippen LogP contribution in [0.4, 0.5) is 0 Å². The Morgan fingerprint density at radius 1 is 1.31 bits per heavy atom. The largest absolute Gasteiger partial charge is 0.303 e. The lowest BCUT2D eigenvalue weighted by Gasteiger charge is -2.37. The van der Waals surface area contributed by atoms with Gasteiger partial charge >= 0.3 is 0 Å². The van der Waals surface area contributed by atoms with Crippen molar-refractivity contribution in [3.63, 3.8) is 0 Å². The number of hydrogen-bond acceptors (Lipinski definition) is 3. The first-order chi connectivity index (χ1) is 6.02. The van der Waals surface area contributed by atoms with Gasteiger partial charge in [-0.05, 0) is 14.1 Å². The normalized spacial score (nSPS) is 26.7. The molecule has 1 fully saturated rings. The van der Waals surface area contributed by atoms with Crippen molar-refractivity contribution < 1.29 is 4.79 Å². The maximum atomic E-state index is 11.8. The van der Waals surface area contributed by atoms with Crippen LogP contribution in [0.2, 0.25) is 0 Å². The molecule has 0 bridgehead atoms. The quantitative estimate of drug-likeness (QED) is 0.623. The van der Waals surface area contributed by atoms with E-state index in [9.17, 15) is 4.79 Å². The summed E-state index contributed by atoms with van der Waals surface area (Å²) < 4.78 is 0. The number of likely N-dealkylation sites (N-methyl/N-ethyl adjacent to an activating group) is 2. The molecule has 1 rings (SSSR count). The fourth-order valence-corrected chi connectivity index (χ4v) is 1.70. The Bertz CT molecular complexity index is 191. The molecule has 0 saturated carbocycles. The Labute approximate surface area is 80.7 Å². The topological polar surface area (TPSA) is 23.6 Å². The molecule has 13 heavy (non-hydrogen) atoms. The summed E-state index contributed by atoms with van der Waals surface area (Å²) in [4.78, 5) is 16.2. The Hall–Kier alpha value is -0.410. The number of ketones is 1. The zero-order chi connectivity index (χ0) is 10.0. The molecule has 3 heteroatoms. The van der Waals surface area contributed by atoms with Crippen LogP contribution in [0.3, 0.4) is 0 Å². The highest BCUT2D eigenvalue weighted by molar-refractivity contribution is 5.86. The van der Waals surface area contributed by atoms with Crippen LogP contribution in [0.1, 0.15) is 13.8 Å². The molecule has 3 nitrogen and oxygen atoms in total. The zero-order valence-electron chi connectivity index (χ0n) is 9.08. The van der Waals surface area contributed by atoms with Gasteiger partial charge < -0.3 is 4.90 Å². The lowest BCUT2D eigenvalue weighted by atomic mass is 9.99. The molecular weight excluding hydrogens is 164 g/mol. The summed E-state index contributed by atoms with van der Waals surface area (Å²) in [5.41, 5.74) is 0. The van der Waals surface area contributed by atoms with Gasteiger partial charge in [0.2, 0.25) is 0 Å². The highest BCUT2D eigenvalue weighted by atomic mass is 16.1. The van der Waals surface area contributed by atoms with Gasteiger partial charge in [-0.1, -0.05) is 13.8 Å². The number of carbonyl (C=O) groups excluding carboxylic acids is 1. The summed E-state index contributed by atoms with van der Waals surface area (Å²) in [5.74, 6) is 0.521. The van der Waals surface area contributed by atoms with Gasteiger partial charge in [0.1, 0.15) is 0 Å². The van der Waals surface area contributed by atoms with Gasteiger partial charge in [0.15, 0.2) is 5.78 Å². The van der Waals surface area contributed by atoms with Crippen LogP contribution >= 0.6 is 0 Å². The lowest BCUT2D eigenvalue weighted by molar-refractivity contribution is -0.128. The van der Waals surface area contributed by atoms with E-state index in [-0.39, 0.29) is 12.0 Å². The molecule has 0 spiro atoms. The average Bonchev–Trinajstić information content (AvgIpc) is 2.08. The Morgan fingerprint density at radius 3 is 2.46 bits per heavy atom. The second kappa shape index (κ2) is 4.20. The third-order valence-electron chi connectivity index (χ3n) is 2.75. The highest BCUT2D eigenvalue weighted by Gasteiger charge is 2.29. The SMILES string of the molecule is CC(C)C(=O)C1CN(C)CCN1C. The first kappa shape index (κ1) is 10.7. The van der Waals surface area contributed by atoms with Crippen molar-refractivity contribution in [3.05, 3.63) is 0 Å². The number of carbonyl (C=O) groups is 1.